The molecule has 0 atom stereocenters. The summed E-state index contributed by atoms with van der Waals surface area (Å²) >= 11 is 0. The number of rotatable bonds is 2. The first-order valence-corrected chi connectivity index (χ1v) is 28.3. The highest BCUT2D eigenvalue weighted by atomic mass is 15.1. The van der Waals surface area contributed by atoms with Crippen LogP contribution in [0.25, 0.3) is 72.0 Å². The Balaban J connectivity index is 1.12. The number of benzene rings is 8. The number of fused-ring (bicyclic) bond motifs is 16. The van der Waals surface area contributed by atoms with Gasteiger partial charge in [0.1, 0.15) is 0 Å². The monoisotopic (exact) mass is 975 g/mol. The molecule has 8 aromatic carbocycles. The number of anilines is 2. The van der Waals surface area contributed by atoms with Gasteiger partial charge in [-0.2, -0.15) is 0 Å². The Labute approximate surface area is 446 Å². The largest absolute Gasteiger partial charge is 0.376 e. The van der Waals surface area contributed by atoms with Crippen LogP contribution in [-0.4, -0.2) is 11.4 Å². The molecule has 15 rings (SSSR count). The van der Waals surface area contributed by atoms with Crippen molar-refractivity contribution >= 4 is 51.0 Å². The van der Waals surface area contributed by atoms with Gasteiger partial charge in [-0.25, -0.2) is 0 Å². The Bertz CT molecular complexity index is 4090. The van der Waals surface area contributed by atoms with E-state index in [1.807, 2.05) is 0 Å². The van der Waals surface area contributed by atoms with Crippen LogP contribution in [-0.2, 0) is 32.5 Å². The molecule has 0 amide bonds. The van der Waals surface area contributed by atoms with Crippen molar-refractivity contribution in [2.24, 2.45) is 0 Å². The Kier molecular flexibility index (Phi) is 8.71. The topological polar surface area (TPSA) is 8.17 Å². The van der Waals surface area contributed by atoms with Gasteiger partial charge in [-0.05, 0) is 216 Å². The van der Waals surface area contributed by atoms with Crippen LogP contribution in [0.3, 0.4) is 0 Å². The first kappa shape index (κ1) is 45.8. The summed E-state index contributed by atoms with van der Waals surface area (Å²) in [6.07, 6.45) is 4.76. The van der Waals surface area contributed by atoms with Gasteiger partial charge in [0.05, 0.1) is 11.0 Å². The number of aromatic nitrogens is 1. The van der Waals surface area contributed by atoms with Crippen molar-refractivity contribution in [3.05, 3.63) is 183 Å². The molecule has 4 aliphatic carbocycles. The maximum absolute atomic E-state index is 2.76. The van der Waals surface area contributed by atoms with E-state index in [4.69, 9.17) is 0 Å². The number of nitrogens with zero attached hydrogens (tertiary/aromatic N) is 2. The molecule has 2 aliphatic heterocycles. The zero-order valence-corrected chi connectivity index (χ0v) is 46.9. The normalized spacial score (nSPS) is 19.4. The molecule has 3 heterocycles. The smallest absolute Gasteiger partial charge is 0.333 e. The third-order valence-electron chi connectivity index (χ3n) is 20.8. The summed E-state index contributed by atoms with van der Waals surface area (Å²) < 4.78 is 2.74. The van der Waals surface area contributed by atoms with E-state index in [2.05, 4.69) is 234 Å². The molecule has 0 bridgehead atoms. The standard InChI is InChI=1S/C72H71BN2/c1-40-19-23-43(24-20-40)75-63-38-55-47(48-35-56-58(37-54(48)72(55,13)14)69(7,8)29-27-67(56,3)4)34-49(63)50-33-45(42-22-25-53-46(32-42)44-17-15-16-18-52(44)71(53,11)12)64-51-36-57-59(70(9,10)30-28-68(57,5)6)39-62(51)74-61-26-21-41(2)31-60(61)73(75)65(50)66(64)74/h15-26,31-39H,27-30H2,1-14H3. The lowest BCUT2D eigenvalue weighted by Crippen LogP contribution is -2.60. The fourth-order valence-corrected chi connectivity index (χ4v) is 16.1. The molecule has 0 saturated carbocycles. The lowest BCUT2D eigenvalue weighted by molar-refractivity contribution is 0.331. The predicted molar refractivity (Wildman–Crippen MR) is 320 cm³/mol. The summed E-state index contributed by atoms with van der Waals surface area (Å²) in [6, 6.07) is 52.0. The molecule has 0 spiro atoms. The van der Waals surface area contributed by atoms with Crippen molar-refractivity contribution in [2.45, 2.75) is 155 Å². The molecular formula is C72H71BN2. The van der Waals surface area contributed by atoms with Crippen LogP contribution in [0, 0.1) is 13.8 Å². The van der Waals surface area contributed by atoms with Crippen molar-refractivity contribution < 1.29 is 0 Å². The van der Waals surface area contributed by atoms with Crippen LogP contribution in [0.15, 0.2) is 127 Å². The van der Waals surface area contributed by atoms with Gasteiger partial charge in [0.25, 0.3) is 0 Å². The zero-order valence-electron chi connectivity index (χ0n) is 46.9. The molecule has 0 radical (unpaired) electrons. The Morgan fingerprint density at radius 1 is 0.400 bits per heavy atom. The molecule has 0 saturated heterocycles. The first-order valence-electron chi connectivity index (χ1n) is 28.3. The van der Waals surface area contributed by atoms with Gasteiger partial charge in [-0.1, -0.05) is 161 Å². The summed E-state index contributed by atoms with van der Waals surface area (Å²) in [5.74, 6) is 0. The first-order chi connectivity index (χ1) is 35.5. The third-order valence-corrected chi connectivity index (χ3v) is 20.8. The van der Waals surface area contributed by atoms with Gasteiger partial charge in [-0.15, -0.1) is 0 Å². The van der Waals surface area contributed by atoms with E-state index in [9.17, 15) is 0 Å². The van der Waals surface area contributed by atoms with Gasteiger partial charge in [0.2, 0.25) is 0 Å². The molecular weight excluding hydrogens is 904 g/mol. The quantitative estimate of drug-likeness (QED) is 0.157. The molecule has 0 unspecified atom stereocenters. The van der Waals surface area contributed by atoms with Crippen LogP contribution < -0.4 is 15.7 Å². The summed E-state index contributed by atoms with van der Waals surface area (Å²) in [6.45, 7) is 34.2. The molecule has 1 aromatic heterocycles. The van der Waals surface area contributed by atoms with Gasteiger partial charge in [-0.3, -0.25) is 0 Å². The van der Waals surface area contributed by atoms with E-state index in [1.54, 1.807) is 5.56 Å². The maximum Gasteiger partial charge on any atom is 0.333 e. The fraction of sp³-hybridized carbons (Fsp3) is 0.333. The highest BCUT2D eigenvalue weighted by Gasteiger charge is 2.49. The molecule has 6 aliphatic rings. The van der Waals surface area contributed by atoms with Crippen LogP contribution in [0.1, 0.15) is 164 Å². The predicted octanol–water partition coefficient (Wildman–Crippen LogP) is 17.6. The van der Waals surface area contributed by atoms with Crippen LogP contribution in [0.5, 0.6) is 0 Å². The minimum absolute atomic E-state index is 0.0538. The lowest BCUT2D eigenvalue weighted by Gasteiger charge is -2.43. The average molecular weight is 975 g/mol. The SMILES string of the molecule is Cc1ccc(N2B3c4cc(C)ccc4-n4c5cc6c(cc5c5c(-c7ccc8c(c7)-c7ccccc7C8(C)C)cc(c3c54)-c3cc4c(cc32)C(C)(C)c2cc3c(cc2-4)C(C)(C)CCC3(C)C)C(C)(C)CCC6(C)C)cc1. The minimum Gasteiger partial charge on any atom is -0.376 e. The van der Waals surface area contributed by atoms with E-state index in [-0.39, 0.29) is 39.3 Å². The molecule has 3 heteroatoms. The van der Waals surface area contributed by atoms with E-state index in [1.165, 1.54) is 170 Å². The molecule has 372 valence electrons. The van der Waals surface area contributed by atoms with E-state index >= 15 is 0 Å². The van der Waals surface area contributed by atoms with Gasteiger partial charge >= 0.3 is 6.85 Å². The van der Waals surface area contributed by atoms with Crippen molar-refractivity contribution in [3.63, 3.8) is 0 Å². The molecule has 75 heavy (non-hydrogen) atoms. The summed E-state index contributed by atoms with van der Waals surface area (Å²) in [5.41, 5.74) is 34.6. The second-order valence-corrected chi connectivity index (χ2v) is 28.0. The molecule has 9 aromatic rings. The highest BCUT2D eigenvalue weighted by Crippen LogP contribution is 2.59. The average Bonchev–Trinajstić information content (AvgIpc) is 4.13. The van der Waals surface area contributed by atoms with Crippen LogP contribution >= 0.6 is 0 Å². The van der Waals surface area contributed by atoms with Gasteiger partial charge < -0.3 is 9.38 Å². The summed E-state index contributed by atoms with van der Waals surface area (Å²) in [7, 11) is 0. The van der Waals surface area contributed by atoms with Crippen LogP contribution in [0.2, 0.25) is 0 Å². The lowest BCUT2D eigenvalue weighted by atomic mass is 9.43. The zero-order chi connectivity index (χ0) is 52.0. The molecule has 2 nitrogen and oxygen atoms in total. The second kappa shape index (κ2) is 14.3. The Morgan fingerprint density at radius 3 is 1.67 bits per heavy atom. The highest BCUT2D eigenvalue weighted by molar-refractivity contribution is 6.93. The van der Waals surface area contributed by atoms with Gasteiger partial charge in [0.15, 0.2) is 0 Å². The fourth-order valence-electron chi connectivity index (χ4n) is 16.1. The number of hydrogen-bond donors (Lipinski definition) is 0. The van der Waals surface area contributed by atoms with Crippen molar-refractivity contribution in [1.82, 2.24) is 4.57 Å². The Morgan fingerprint density at radius 2 is 0.960 bits per heavy atom. The summed E-state index contributed by atoms with van der Waals surface area (Å²) in [4.78, 5) is 2.76. The van der Waals surface area contributed by atoms with E-state index in [0.717, 1.165) is 0 Å². The Hall–Kier alpha value is -6.58. The van der Waals surface area contributed by atoms with E-state index in [0.29, 0.717) is 0 Å². The minimum atomic E-state index is -0.191. The van der Waals surface area contributed by atoms with E-state index < -0.39 is 0 Å². The molecule has 0 fully saturated rings. The number of aryl methyl sites for hydroxylation is 2. The number of hydrogen-bond acceptors (Lipinski definition) is 1. The second-order valence-electron chi connectivity index (χ2n) is 28.0. The van der Waals surface area contributed by atoms with Crippen LogP contribution in [0.4, 0.5) is 11.4 Å². The maximum atomic E-state index is 2.76. The van der Waals surface area contributed by atoms with Gasteiger partial charge in [0, 0.05) is 44.2 Å². The molecule has 0 N–H and O–H groups in total. The summed E-state index contributed by atoms with van der Waals surface area (Å²) in [5, 5.41) is 2.75. The third kappa shape index (κ3) is 5.83. The van der Waals surface area contributed by atoms with Crippen molar-refractivity contribution in [1.29, 1.82) is 0 Å². The van der Waals surface area contributed by atoms with Crippen molar-refractivity contribution in [2.75, 3.05) is 4.81 Å². The van der Waals surface area contributed by atoms with Crippen molar-refractivity contribution in [3.8, 4) is 50.2 Å².